The van der Waals surface area contributed by atoms with Crippen LogP contribution in [0.1, 0.15) is 25.7 Å². The van der Waals surface area contributed by atoms with Gasteiger partial charge >= 0.3 is 12.0 Å². The van der Waals surface area contributed by atoms with Crippen LogP contribution in [0, 0.1) is 5.41 Å². The summed E-state index contributed by atoms with van der Waals surface area (Å²) >= 11 is 0. The maximum absolute atomic E-state index is 11.7. The van der Waals surface area contributed by atoms with Crippen molar-refractivity contribution in [2.45, 2.75) is 31.8 Å². The number of carbonyl (C=O) groups excluding carboxylic acids is 1. The maximum Gasteiger partial charge on any atom is 0.314 e. The molecule has 3 N–H and O–H groups in total. The molecule has 0 radical (unpaired) electrons. The van der Waals surface area contributed by atoms with E-state index in [4.69, 9.17) is 14.6 Å². The number of carboxylic acid groups (broad SMARTS) is 1. The van der Waals surface area contributed by atoms with E-state index < -0.39 is 5.97 Å². The van der Waals surface area contributed by atoms with Crippen molar-refractivity contribution in [2.24, 2.45) is 5.41 Å². The van der Waals surface area contributed by atoms with Crippen molar-refractivity contribution in [3.8, 4) is 0 Å². The van der Waals surface area contributed by atoms with E-state index in [1.165, 1.54) is 0 Å². The summed E-state index contributed by atoms with van der Waals surface area (Å²) in [5.74, 6) is -0.806. The fourth-order valence-electron chi connectivity index (χ4n) is 2.60. The Morgan fingerprint density at radius 3 is 2.60 bits per heavy atom. The van der Waals surface area contributed by atoms with Gasteiger partial charge in [0.15, 0.2) is 0 Å². The molecule has 0 aromatic heterocycles. The zero-order chi connectivity index (χ0) is 14.4. The van der Waals surface area contributed by atoms with Crippen molar-refractivity contribution in [3.63, 3.8) is 0 Å². The predicted molar refractivity (Wildman–Crippen MR) is 70.5 cm³/mol. The molecule has 1 heterocycles. The van der Waals surface area contributed by atoms with Gasteiger partial charge in [-0.05, 0) is 18.3 Å². The zero-order valence-electron chi connectivity index (χ0n) is 11.5. The highest BCUT2D eigenvalue weighted by molar-refractivity contribution is 5.74. The first-order chi connectivity index (χ1) is 9.60. The summed E-state index contributed by atoms with van der Waals surface area (Å²) in [6.07, 6.45) is 2.76. The summed E-state index contributed by atoms with van der Waals surface area (Å²) in [4.78, 5) is 22.5. The Hall–Kier alpha value is -1.34. The van der Waals surface area contributed by atoms with E-state index in [9.17, 15) is 9.59 Å². The molecule has 2 aliphatic rings. The topological polar surface area (TPSA) is 96.9 Å². The minimum Gasteiger partial charge on any atom is -0.481 e. The molecule has 1 aliphatic heterocycles. The number of nitrogens with one attached hydrogen (secondary N) is 2. The molecule has 1 aliphatic carbocycles. The summed E-state index contributed by atoms with van der Waals surface area (Å²) in [7, 11) is 0. The van der Waals surface area contributed by atoms with Gasteiger partial charge in [-0.1, -0.05) is 6.42 Å². The molecule has 20 heavy (non-hydrogen) atoms. The predicted octanol–water partition coefficient (Wildman–Crippen LogP) is 0.346. The number of aliphatic carboxylic acids is 1. The lowest BCUT2D eigenvalue weighted by atomic mass is 9.66. The third-order valence-electron chi connectivity index (χ3n) is 3.94. The molecule has 0 spiro atoms. The molecule has 2 fully saturated rings. The van der Waals surface area contributed by atoms with Crippen molar-refractivity contribution >= 4 is 12.0 Å². The molecule has 1 saturated carbocycles. The molecule has 2 rings (SSSR count). The van der Waals surface area contributed by atoms with Gasteiger partial charge in [-0.3, -0.25) is 4.79 Å². The molecule has 114 valence electrons. The quantitative estimate of drug-likeness (QED) is 0.654. The van der Waals surface area contributed by atoms with E-state index in [1.807, 2.05) is 0 Å². The molecule has 1 unspecified atom stereocenters. The second-order valence-electron chi connectivity index (χ2n) is 5.56. The van der Waals surface area contributed by atoms with Gasteiger partial charge in [-0.15, -0.1) is 0 Å². The number of carboxylic acids is 1. The number of carbonyl (C=O) groups is 2. The lowest BCUT2D eigenvalue weighted by Crippen LogP contribution is -2.48. The van der Waals surface area contributed by atoms with E-state index in [2.05, 4.69) is 10.6 Å². The third-order valence-corrected chi connectivity index (χ3v) is 3.94. The molecular weight excluding hydrogens is 264 g/mol. The fourth-order valence-corrected chi connectivity index (χ4v) is 2.60. The van der Waals surface area contributed by atoms with Crippen LogP contribution >= 0.6 is 0 Å². The monoisotopic (exact) mass is 286 g/mol. The van der Waals surface area contributed by atoms with Crippen LogP contribution in [0.25, 0.3) is 0 Å². The molecule has 7 nitrogen and oxygen atoms in total. The largest absolute Gasteiger partial charge is 0.481 e. The summed E-state index contributed by atoms with van der Waals surface area (Å²) in [5.41, 5.74) is -0.256. The molecule has 0 aromatic carbocycles. The minimum atomic E-state index is -0.806. The Labute approximate surface area is 118 Å². The van der Waals surface area contributed by atoms with Gasteiger partial charge in [0.25, 0.3) is 0 Å². The SMILES string of the molecule is O=C(O)CC1(CNC(=O)NCC2COCCO2)CCC1. The first-order valence-electron chi connectivity index (χ1n) is 7.02. The van der Waals surface area contributed by atoms with Gasteiger partial charge in [-0.25, -0.2) is 4.79 Å². The Bertz CT molecular complexity index is 351. The summed E-state index contributed by atoms with van der Waals surface area (Å²) < 4.78 is 10.7. The van der Waals surface area contributed by atoms with E-state index in [0.29, 0.717) is 32.9 Å². The van der Waals surface area contributed by atoms with Crippen LogP contribution in [0.5, 0.6) is 0 Å². The Morgan fingerprint density at radius 2 is 2.05 bits per heavy atom. The summed E-state index contributed by atoms with van der Waals surface area (Å²) in [6.45, 7) is 2.45. The number of hydrogen-bond acceptors (Lipinski definition) is 4. The first kappa shape index (κ1) is 15.1. The van der Waals surface area contributed by atoms with E-state index in [0.717, 1.165) is 19.3 Å². The molecule has 2 amide bonds. The lowest BCUT2D eigenvalue weighted by Gasteiger charge is -2.40. The van der Waals surface area contributed by atoms with Gasteiger partial charge < -0.3 is 25.2 Å². The minimum absolute atomic E-state index is 0.105. The van der Waals surface area contributed by atoms with E-state index in [-0.39, 0.29) is 24.0 Å². The standard InChI is InChI=1S/C13H22N2O5/c16-11(17)6-13(2-1-3-13)9-15-12(18)14-7-10-8-19-4-5-20-10/h10H,1-9H2,(H,16,17)(H2,14,15,18). The summed E-state index contributed by atoms with van der Waals surface area (Å²) in [6, 6.07) is -0.282. The van der Waals surface area contributed by atoms with Crippen LogP contribution in [-0.2, 0) is 14.3 Å². The maximum atomic E-state index is 11.7. The molecule has 0 bridgehead atoms. The third kappa shape index (κ3) is 4.35. The lowest BCUT2D eigenvalue weighted by molar-refractivity contribution is -0.141. The fraction of sp³-hybridized carbons (Fsp3) is 0.846. The highest BCUT2D eigenvalue weighted by Crippen LogP contribution is 2.43. The molecule has 1 atom stereocenters. The average Bonchev–Trinajstić information content (AvgIpc) is 2.40. The first-order valence-corrected chi connectivity index (χ1v) is 7.02. The van der Waals surface area contributed by atoms with E-state index in [1.54, 1.807) is 0 Å². The Morgan fingerprint density at radius 1 is 1.25 bits per heavy atom. The van der Waals surface area contributed by atoms with Crippen LogP contribution in [-0.4, -0.2) is 56.1 Å². The van der Waals surface area contributed by atoms with Gasteiger partial charge in [0.1, 0.15) is 0 Å². The molecular formula is C13H22N2O5. The van der Waals surface area contributed by atoms with Crippen LogP contribution < -0.4 is 10.6 Å². The van der Waals surface area contributed by atoms with Gasteiger partial charge in [0.2, 0.25) is 0 Å². The average molecular weight is 286 g/mol. The summed E-state index contributed by atoms with van der Waals surface area (Å²) in [5, 5.41) is 14.4. The smallest absolute Gasteiger partial charge is 0.314 e. The van der Waals surface area contributed by atoms with E-state index >= 15 is 0 Å². The van der Waals surface area contributed by atoms with Gasteiger partial charge in [-0.2, -0.15) is 0 Å². The Kier molecular flexibility index (Phi) is 5.19. The second-order valence-corrected chi connectivity index (χ2v) is 5.56. The highest BCUT2D eigenvalue weighted by Gasteiger charge is 2.39. The van der Waals surface area contributed by atoms with Gasteiger partial charge in [0.05, 0.1) is 32.3 Å². The Balaban J connectivity index is 1.65. The second kappa shape index (κ2) is 6.90. The van der Waals surface area contributed by atoms with Crippen molar-refractivity contribution in [2.75, 3.05) is 32.9 Å². The molecule has 1 saturated heterocycles. The van der Waals surface area contributed by atoms with Crippen molar-refractivity contribution in [1.29, 1.82) is 0 Å². The number of urea groups is 1. The molecule has 0 aromatic rings. The number of amides is 2. The van der Waals surface area contributed by atoms with Crippen molar-refractivity contribution in [3.05, 3.63) is 0 Å². The normalized spacial score (nSPS) is 24.5. The van der Waals surface area contributed by atoms with Crippen molar-refractivity contribution < 1.29 is 24.2 Å². The van der Waals surface area contributed by atoms with Crippen LogP contribution in [0.15, 0.2) is 0 Å². The number of hydrogen-bond donors (Lipinski definition) is 3. The molecule has 7 heteroatoms. The van der Waals surface area contributed by atoms with Gasteiger partial charge in [0, 0.05) is 13.1 Å². The highest BCUT2D eigenvalue weighted by atomic mass is 16.6. The van der Waals surface area contributed by atoms with Crippen LogP contribution in [0.3, 0.4) is 0 Å². The number of ether oxygens (including phenoxy) is 2. The van der Waals surface area contributed by atoms with Crippen LogP contribution in [0.2, 0.25) is 0 Å². The van der Waals surface area contributed by atoms with Crippen molar-refractivity contribution in [1.82, 2.24) is 10.6 Å². The van der Waals surface area contributed by atoms with Crippen LogP contribution in [0.4, 0.5) is 4.79 Å². The number of rotatable bonds is 6. The zero-order valence-corrected chi connectivity index (χ0v) is 11.5.